The topological polar surface area (TPSA) is 41.6 Å². The Kier molecular flexibility index (Phi) is 6.69. The number of hydrogen-bond donors (Lipinski definition) is 1. The van der Waals surface area contributed by atoms with E-state index in [1.54, 1.807) is 7.11 Å². The maximum Gasteiger partial charge on any atom is 0.233 e. The molecule has 1 saturated carbocycles. The number of carbonyl (C=O) groups is 1. The molecule has 1 aromatic carbocycles. The van der Waals surface area contributed by atoms with E-state index in [-0.39, 0.29) is 17.8 Å². The van der Waals surface area contributed by atoms with E-state index in [1.165, 1.54) is 12.0 Å². The molecule has 2 heterocycles. The number of rotatable bonds is 3. The number of nitrogens with zero attached hydrogens (tertiary/aromatic N) is 1. The van der Waals surface area contributed by atoms with Crippen LogP contribution in [0.4, 0.5) is 0 Å². The number of fused-ring (bicyclic) bond motifs is 1. The van der Waals surface area contributed by atoms with Crippen molar-refractivity contribution in [2.45, 2.75) is 50.4 Å². The zero-order valence-electron chi connectivity index (χ0n) is 16.4. The number of halogens is 1. The molecule has 1 aromatic rings. The highest BCUT2D eigenvalue weighted by molar-refractivity contribution is 5.88. The minimum Gasteiger partial charge on any atom is -0.497 e. The highest BCUT2D eigenvalue weighted by atomic mass is 35.5. The molecular weight excluding hydrogens is 360 g/mol. The van der Waals surface area contributed by atoms with Gasteiger partial charge in [-0.05, 0) is 68.3 Å². The summed E-state index contributed by atoms with van der Waals surface area (Å²) in [6, 6.07) is 8.27. The first kappa shape index (κ1) is 20.5. The third-order valence-corrected chi connectivity index (χ3v) is 7.07. The molecule has 3 fully saturated rings. The van der Waals surface area contributed by atoms with E-state index in [2.05, 4.69) is 22.3 Å². The summed E-state index contributed by atoms with van der Waals surface area (Å²) in [4.78, 5) is 16.0. The van der Waals surface area contributed by atoms with E-state index >= 15 is 0 Å². The second-order valence-electron chi connectivity index (χ2n) is 8.42. The van der Waals surface area contributed by atoms with Crippen molar-refractivity contribution in [1.29, 1.82) is 0 Å². The van der Waals surface area contributed by atoms with Crippen molar-refractivity contribution in [3.63, 3.8) is 0 Å². The average Bonchev–Trinajstić information content (AvgIpc) is 3.06. The predicted molar refractivity (Wildman–Crippen MR) is 111 cm³/mol. The number of hydrogen-bond acceptors (Lipinski definition) is 3. The van der Waals surface area contributed by atoms with E-state index in [9.17, 15) is 4.79 Å². The number of likely N-dealkylation sites (tertiary alicyclic amines) is 1. The molecule has 5 heteroatoms. The van der Waals surface area contributed by atoms with Gasteiger partial charge in [0.1, 0.15) is 5.75 Å². The molecule has 150 valence electrons. The Balaban J connectivity index is 0.00000210. The predicted octanol–water partition coefficient (Wildman–Crippen LogP) is 3.78. The van der Waals surface area contributed by atoms with Crippen LogP contribution in [0.1, 0.15) is 50.5 Å². The van der Waals surface area contributed by atoms with Crippen molar-refractivity contribution in [2.75, 3.05) is 33.3 Å². The quantitative estimate of drug-likeness (QED) is 0.851. The fourth-order valence-corrected chi connectivity index (χ4v) is 5.42. The lowest BCUT2D eigenvalue weighted by molar-refractivity contribution is -0.139. The highest BCUT2D eigenvalue weighted by Gasteiger charge is 2.44. The van der Waals surface area contributed by atoms with Gasteiger partial charge in [-0.1, -0.05) is 31.4 Å². The van der Waals surface area contributed by atoms with Gasteiger partial charge in [0, 0.05) is 13.1 Å². The summed E-state index contributed by atoms with van der Waals surface area (Å²) in [6.07, 6.45) is 7.85. The molecule has 0 bridgehead atoms. The van der Waals surface area contributed by atoms with Gasteiger partial charge in [0.05, 0.1) is 12.5 Å². The van der Waals surface area contributed by atoms with E-state index in [0.29, 0.717) is 5.91 Å². The van der Waals surface area contributed by atoms with Crippen LogP contribution in [0, 0.1) is 11.8 Å². The van der Waals surface area contributed by atoms with Crippen LogP contribution in [0.25, 0.3) is 0 Å². The summed E-state index contributed by atoms with van der Waals surface area (Å²) in [5.74, 6) is 2.77. The van der Waals surface area contributed by atoms with Gasteiger partial charge >= 0.3 is 0 Å². The van der Waals surface area contributed by atoms with Gasteiger partial charge in [-0.2, -0.15) is 0 Å². The van der Waals surface area contributed by atoms with Crippen molar-refractivity contribution in [3.05, 3.63) is 29.8 Å². The molecule has 3 aliphatic rings. The first-order valence-corrected chi connectivity index (χ1v) is 10.4. The monoisotopic (exact) mass is 392 g/mol. The molecule has 0 aromatic heterocycles. The van der Waals surface area contributed by atoms with Crippen LogP contribution in [-0.4, -0.2) is 44.1 Å². The summed E-state index contributed by atoms with van der Waals surface area (Å²) in [7, 11) is 1.69. The molecular formula is C22H33ClN2O2. The summed E-state index contributed by atoms with van der Waals surface area (Å²) >= 11 is 0. The molecule has 27 heavy (non-hydrogen) atoms. The van der Waals surface area contributed by atoms with E-state index < -0.39 is 0 Å². The molecule has 1 amide bonds. The lowest BCUT2D eigenvalue weighted by Crippen LogP contribution is -2.48. The third-order valence-electron chi connectivity index (χ3n) is 7.07. The Bertz CT molecular complexity index is 614. The molecule has 2 aliphatic heterocycles. The standard InChI is InChI=1S/C22H32N2O2.ClH/c1-26-20-7-5-19(6-8-20)22(11-3-2-4-12-22)21(25)24-13-9-17-15-23-16-18(17)10-14-24;/h5-8,17-18,23H,2-4,9-16H2,1H3;1H/t17-,18+;. The second-order valence-corrected chi connectivity index (χ2v) is 8.42. The first-order valence-electron chi connectivity index (χ1n) is 10.4. The van der Waals surface area contributed by atoms with Crippen LogP contribution in [0.3, 0.4) is 0 Å². The molecule has 1 aliphatic carbocycles. The van der Waals surface area contributed by atoms with Crippen LogP contribution in [0.2, 0.25) is 0 Å². The van der Waals surface area contributed by atoms with Crippen molar-refractivity contribution < 1.29 is 9.53 Å². The normalized spacial score (nSPS) is 27.2. The maximum atomic E-state index is 13.8. The van der Waals surface area contributed by atoms with Crippen molar-refractivity contribution in [3.8, 4) is 5.75 Å². The molecule has 0 radical (unpaired) electrons. The average molecular weight is 393 g/mol. The highest BCUT2D eigenvalue weighted by Crippen LogP contribution is 2.42. The maximum absolute atomic E-state index is 13.8. The fraction of sp³-hybridized carbons (Fsp3) is 0.682. The number of methoxy groups -OCH3 is 1. The zero-order valence-corrected chi connectivity index (χ0v) is 17.2. The number of benzene rings is 1. The Morgan fingerprint density at radius 1 is 1.04 bits per heavy atom. The molecule has 0 spiro atoms. The first-order chi connectivity index (χ1) is 12.7. The van der Waals surface area contributed by atoms with Gasteiger partial charge in [-0.15, -0.1) is 12.4 Å². The third kappa shape index (κ3) is 3.97. The lowest BCUT2D eigenvalue weighted by atomic mass is 9.68. The zero-order chi connectivity index (χ0) is 18.0. The Morgan fingerprint density at radius 2 is 1.63 bits per heavy atom. The summed E-state index contributed by atoms with van der Waals surface area (Å²) < 4.78 is 5.32. The summed E-state index contributed by atoms with van der Waals surface area (Å²) in [5.41, 5.74) is 0.872. The van der Waals surface area contributed by atoms with Gasteiger partial charge in [0.25, 0.3) is 0 Å². The van der Waals surface area contributed by atoms with E-state index in [0.717, 1.165) is 82.3 Å². The number of carbonyl (C=O) groups excluding carboxylic acids is 1. The lowest BCUT2D eigenvalue weighted by Gasteiger charge is -2.40. The van der Waals surface area contributed by atoms with Gasteiger partial charge < -0.3 is 15.0 Å². The van der Waals surface area contributed by atoms with Crippen LogP contribution >= 0.6 is 12.4 Å². The van der Waals surface area contributed by atoms with Crippen molar-refractivity contribution in [1.82, 2.24) is 10.2 Å². The van der Waals surface area contributed by atoms with E-state index in [1.807, 2.05) is 12.1 Å². The number of amides is 1. The van der Waals surface area contributed by atoms with Crippen LogP contribution in [0.15, 0.2) is 24.3 Å². The molecule has 2 saturated heterocycles. The minimum absolute atomic E-state index is 0. The minimum atomic E-state index is -0.317. The van der Waals surface area contributed by atoms with E-state index in [4.69, 9.17) is 4.74 Å². The number of ether oxygens (including phenoxy) is 1. The van der Waals surface area contributed by atoms with Crippen LogP contribution in [-0.2, 0) is 10.2 Å². The van der Waals surface area contributed by atoms with Gasteiger partial charge in [0.2, 0.25) is 5.91 Å². The largest absolute Gasteiger partial charge is 0.497 e. The number of nitrogens with one attached hydrogen (secondary N) is 1. The smallest absolute Gasteiger partial charge is 0.233 e. The molecule has 2 atom stereocenters. The Hall–Kier alpha value is -1.26. The molecule has 1 N–H and O–H groups in total. The summed E-state index contributed by atoms with van der Waals surface area (Å²) in [5, 5.41) is 3.53. The molecule has 4 nitrogen and oxygen atoms in total. The fourth-order valence-electron chi connectivity index (χ4n) is 5.42. The Labute approximate surface area is 169 Å². The van der Waals surface area contributed by atoms with Gasteiger partial charge in [-0.25, -0.2) is 0 Å². The Morgan fingerprint density at radius 3 is 2.19 bits per heavy atom. The van der Waals surface area contributed by atoms with Gasteiger partial charge in [-0.3, -0.25) is 4.79 Å². The SMILES string of the molecule is COc1ccc(C2(C(=O)N3CC[C@@H]4CNC[C@@H]4CC3)CCCCC2)cc1.Cl. The van der Waals surface area contributed by atoms with Crippen LogP contribution in [0.5, 0.6) is 5.75 Å². The molecule has 0 unspecified atom stereocenters. The second kappa shape index (κ2) is 8.83. The van der Waals surface area contributed by atoms with Crippen molar-refractivity contribution in [2.24, 2.45) is 11.8 Å². The van der Waals surface area contributed by atoms with Crippen molar-refractivity contribution >= 4 is 18.3 Å². The van der Waals surface area contributed by atoms with Crippen LogP contribution < -0.4 is 10.1 Å². The molecule has 4 rings (SSSR count). The summed E-state index contributed by atoms with van der Waals surface area (Å²) in [6.45, 7) is 4.13. The van der Waals surface area contributed by atoms with Gasteiger partial charge in [0.15, 0.2) is 0 Å².